The molecule has 0 aliphatic rings. The van der Waals surface area contributed by atoms with Crippen molar-refractivity contribution < 1.29 is 14.3 Å². The summed E-state index contributed by atoms with van der Waals surface area (Å²) in [5.74, 6) is 0.438. The summed E-state index contributed by atoms with van der Waals surface area (Å²) in [5, 5.41) is 3.16. The van der Waals surface area contributed by atoms with Crippen molar-refractivity contribution in [3.05, 3.63) is 54.1 Å². The summed E-state index contributed by atoms with van der Waals surface area (Å²) >= 11 is 0. The fraction of sp³-hybridized carbons (Fsp3) is 0.286. The van der Waals surface area contributed by atoms with Crippen LogP contribution in [0.4, 0.5) is 5.69 Å². The van der Waals surface area contributed by atoms with E-state index < -0.39 is 0 Å². The van der Waals surface area contributed by atoms with Gasteiger partial charge in [-0.2, -0.15) is 0 Å². The number of unbranched alkanes of at least 4 members (excludes halogenated alkanes) is 1. The molecule has 0 aromatic heterocycles. The number of anilines is 1. The van der Waals surface area contributed by atoms with E-state index in [0.29, 0.717) is 6.61 Å². The number of hydrogen-bond acceptors (Lipinski definition) is 4. The minimum Gasteiger partial charge on any atom is -0.493 e. The summed E-state index contributed by atoms with van der Waals surface area (Å²) in [6, 6.07) is 14.1. The number of carbonyl (C=O) groups is 1. The lowest BCUT2D eigenvalue weighted by Crippen LogP contribution is -1.99. The highest BCUT2D eigenvalue weighted by Crippen LogP contribution is 2.33. The molecule has 0 aliphatic heterocycles. The Morgan fingerprint density at radius 2 is 2.04 bits per heavy atom. The molecule has 0 fully saturated rings. The molecular formula is C21H25NO3. The third-order valence-electron chi connectivity index (χ3n) is 3.84. The lowest BCUT2D eigenvalue weighted by molar-refractivity contribution is -0.134. The molecule has 0 heterocycles. The number of rotatable bonds is 8. The Bertz CT molecular complexity index is 738. The first kappa shape index (κ1) is 18.6. The van der Waals surface area contributed by atoms with Crippen molar-refractivity contribution in [1.82, 2.24) is 0 Å². The van der Waals surface area contributed by atoms with Gasteiger partial charge in [-0.05, 0) is 41.8 Å². The van der Waals surface area contributed by atoms with Gasteiger partial charge in [-0.3, -0.25) is 0 Å². The van der Waals surface area contributed by atoms with Crippen LogP contribution < -0.4 is 10.1 Å². The van der Waals surface area contributed by atoms with Gasteiger partial charge < -0.3 is 14.8 Å². The van der Waals surface area contributed by atoms with Gasteiger partial charge in [-0.15, -0.1) is 0 Å². The molecule has 0 radical (unpaired) electrons. The molecule has 2 aromatic carbocycles. The van der Waals surface area contributed by atoms with Crippen LogP contribution in [-0.4, -0.2) is 26.7 Å². The van der Waals surface area contributed by atoms with Crippen molar-refractivity contribution in [2.75, 3.05) is 26.1 Å². The first-order valence-corrected chi connectivity index (χ1v) is 8.49. The number of esters is 1. The second-order valence-electron chi connectivity index (χ2n) is 5.64. The van der Waals surface area contributed by atoms with Crippen LogP contribution in [0.2, 0.25) is 0 Å². The van der Waals surface area contributed by atoms with Crippen LogP contribution in [0.3, 0.4) is 0 Å². The molecule has 1 N–H and O–H groups in total. The highest BCUT2D eigenvalue weighted by atomic mass is 16.5. The normalized spacial score (nSPS) is 10.7. The van der Waals surface area contributed by atoms with Gasteiger partial charge in [-0.1, -0.05) is 37.6 Å². The molecule has 25 heavy (non-hydrogen) atoms. The fourth-order valence-corrected chi connectivity index (χ4v) is 2.40. The minimum absolute atomic E-state index is 0.376. The Hall–Kier alpha value is -2.75. The summed E-state index contributed by atoms with van der Waals surface area (Å²) in [5.41, 5.74) is 4.06. The lowest BCUT2D eigenvalue weighted by Gasteiger charge is -2.13. The lowest BCUT2D eigenvalue weighted by atomic mass is 10.0. The first-order chi connectivity index (χ1) is 12.2. The topological polar surface area (TPSA) is 47.6 Å². The van der Waals surface area contributed by atoms with Gasteiger partial charge in [0.2, 0.25) is 0 Å². The Morgan fingerprint density at radius 3 is 2.76 bits per heavy atom. The van der Waals surface area contributed by atoms with Gasteiger partial charge in [0, 0.05) is 24.4 Å². The van der Waals surface area contributed by atoms with Crippen molar-refractivity contribution in [1.29, 1.82) is 0 Å². The summed E-state index contributed by atoms with van der Waals surface area (Å²) < 4.78 is 10.6. The minimum atomic E-state index is -0.376. The van der Waals surface area contributed by atoms with Gasteiger partial charge in [0.05, 0.1) is 13.7 Å². The van der Waals surface area contributed by atoms with E-state index in [1.54, 1.807) is 6.08 Å². The van der Waals surface area contributed by atoms with Gasteiger partial charge >= 0.3 is 5.97 Å². The van der Waals surface area contributed by atoms with Crippen LogP contribution in [0.1, 0.15) is 25.3 Å². The zero-order valence-electron chi connectivity index (χ0n) is 15.0. The highest BCUT2D eigenvalue weighted by molar-refractivity contribution is 5.87. The maximum Gasteiger partial charge on any atom is 0.330 e. The molecule has 2 rings (SSSR count). The molecule has 0 spiro atoms. The van der Waals surface area contributed by atoms with Crippen LogP contribution in [0.25, 0.3) is 17.2 Å². The number of ether oxygens (including phenoxy) is 2. The first-order valence-electron chi connectivity index (χ1n) is 8.49. The molecule has 0 saturated carbocycles. The number of nitrogens with one attached hydrogen (secondary N) is 1. The molecule has 0 amide bonds. The summed E-state index contributed by atoms with van der Waals surface area (Å²) in [4.78, 5) is 11.3. The second kappa shape index (κ2) is 9.52. The SMILES string of the molecule is CCCCOc1cc(/C=C/C(=O)OC)ccc1-c1cccc(NC)c1. The van der Waals surface area contributed by atoms with Crippen LogP contribution >= 0.6 is 0 Å². The van der Waals surface area contributed by atoms with E-state index in [2.05, 4.69) is 29.1 Å². The van der Waals surface area contributed by atoms with Crippen LogP contribution in [0.5, 0.6) is 5.75 Å². The number of benzene rings is 2. The zero-order valence-corrected chi connectivity index (χ0v) is 15.0. The van der Waals surface area contributed by atoms with Gasteiger partial charge in [0.1, 0.15) is 5.75 Å². The molecule has 4 heteroatoms. The van der Waals surface area contributed by atoms with Crippen LogP contribution in [0.15, 0.2) is 48.5 Å². The van der Waals surface area contributed by atoms with E-state index in [1.165, 1.54) is 13.2 Å². The van der Waals surface area contributed by atoms with E-state index in [-0.39, 0.29) is 5.97 Å². The third-order valence-corrected chi connectivity index (χ3v) is 3.84. The van der Waals surface area contributed by atoms with Crippen molar-refractivity contribution in [3.8, 4) is 16.9 Å². The Morgan fingerprint density at radius 1 is 1.20 bits per heavy atom. The van der Waals surface area contributed by atoms with Gasteiger partial charge in [-0.25, -0.2) is 4.79 Å². The maximum absolute atomic E-state index is 11.3. The summed E-state index contributed by atoms with van der Waals surface area (Å²) in [6.45, 7) is 2.80. The van der Waals surface area contributed by atoms with E-state index in [4.69, 9.17) is 4.74 Å². The molecule has 0 bridgehead atoms. The molecule has 0 saturated heterocycles. The van der Waals surface area contributed by atoms with E-state index in [9.17, 15) is 4.79 Å². The van der Waals surface area contributed by atoms with E-state index in [0.717, 1.165) is 41.0 Å². The zero-order chi connectivity index (χ0) is 18.1. The van der Waals surface area contributed by atoms with Crippen molar-refractivity contribution >= 4 is 17.7 Å². The largest absolute Gasteiger partial charge is 0.493 e. The average Bonchev–Trinajstić information content (AvgIpc) is 2.66. The van der Waals surface area contributed by atoms with Crippen molar-refractivity contribution in [2.45, 2.75) is 19.8 Å². The molecule has 0 unspecified atom stereocenters. The molecule has 2 aromatic rings. The van der Waals surface area contributed by atoms with E-state index >= 15 is 0 Å². The van der Waals surface area contributed by atoms with Crippen molar-refractivity contribution in [3.63, 3.8) is 0 Å². The predicted octanol–water partition coefficient (Wildman–Crippen LogP) is 4.76. The third kappa shape index (κ3) is 5.38. The van der Waals surface area contributed by atoms with Gasteiger partial charge in [0.25, 0.3) is 0 Å². The standard InChI is InChI=1S/C21H25NO3/c1-4-5-13-25-20-14-16(10-12-21(23)24-3)9-11-19(20)17-7-6-8-18(15-17)22-2/h6-12,14-15,22H,4-5,13H2,1-3H3/b12-10+. The quantitative estimate of drug-likeness (QED) is 0.428. The van der Waals surface area contributed by atoms with Crippen molar-refractivity contribution in [2.24, 2.45) is 0 Å². The summed E-state index contributed by atoms with van der Waals surface area (Å²) in [6.07, 6.45) is 5.21. The Kier molecular flexibility index (Phi) is 7.08. The van der Waals surface area contributed by atoms with Crippen LogP contribution in [-0.2, 0) is 9.53 Å². The Balaban J connectivity index is 2.36. The average molecular weight is 339 g/mol. The predicted molar refractivity (Wildman–Crippen MR) is 103 cm³/mol. The second-order valence-corrected chi connectivity index (χ2v) is 5.64. The molecule has 4 nitrogen and oxygen atoms in total. The number of methoxy groups -OCH3 is 1. The molecule has 0 aliphatic carbocycles. The monoisotopic (exact) mass is 339 g/mol. The van der Waals surface area contributed by atoms with E-state index in [1.807, 2.05) is 37.4 Å². The fourth-order valence-electron chi connectivity index (χ4n) is 2.40. The smallest absolute Gasteiger partial charge is 0.330 e. The molecular weight excluding hydrogens is 314 g/mol. The summed E-state index contributed by atoms with van der Waals surface area (Å²) in [7, 11) is 3.27. The molecule has 0 atom stereocenters. The molecule has 132 valence electrons. The Labute approximate surface area is 149 Å². The highest BCUT2D eigenvalue weighted by Gasteiger charge is 2.08. The maximum atomic E-state index is 11.3. The van der Waals surface area contributed by atoms with Crippen LogP contribution in [0, 0.1) is 0 Å². The van der Waals surface area contributed by atoms with Gasteiger partial charge in [0.15, 0.2) is 0 Å². The number of hydrogen-bond donors (Lipinski definition) is 1. The number of carbonyl (C=O) groups excluding carboxylic acids is 1.